The third kappa shape index (κ3) is 4.71. The molecule has 0 saturated heterocycles. The Kier molecular flexibility index (Phi) is 7.05. The number of carbonyl (C=O) groups is 1. The van der Waals surface area contributed by atoms with Crippen molar-refractivity contribution in [3.05, 3.63) is 104 Å². The van der Waals surface area contributed by atoms with E-state index in [-0.39, 0.29) is 16.2 Å². The maximum absolute atomic E-state index is 13.4. The first-order chi connectivity index (χ1) is 16.4. The highest BCUT2D eigenvalue weighted by atomic mass is 32.1. The number of ether oxygens (including phenoxy) is 1. The van der Waals surface area contributed by atoms with Crippen molar-refractivity contribution in [3.8, 4) is 5.69 Å². The molecule has 0 aliphatic heterocycles. The Balaban J connectivity index is 1.74. The lowest BCUT2D eigenvalue weighted by atomic mass is 10.1. The number of carbonyl (C=O) groups excluding carboxylic acids is 1. The molecule has 0 saturated carbocycles. The van der Waals surface area contributed by atoms with Gasteiger partial charge in [-0.1, -0.05) is 42.5 Å². The van der Waals surface area contributed by atoms with E-state index in [4.69, 9.17) is 17.0 Å². The highest BCUT2D eigenvalue weighted by molar-refractivity contribution is 7.71. The zero-order chi connectivity index (χ0) is 24.2. The Morgan fingerprint density at radius 1 is 1.06 bits per heavy atom. The molecule has 0 unspecified atom stereocenters. The monoisotopic (exact) mass is 473 g/mol. The van der Waals surface area contributed by atoms with Gasteiger partial charge in [-0.3, -0.25) is 14.2 Å². The van der Waals surface area contributed by atoms with Crippen LogP contribution in [-0.4, -0.2) is 40.6 Å². The van der Waals surface area contributed by atoms with Crippen LogP contribution in [0.5, 0.6) is 0 Å². The summed E-state index contributed by atoms with van der Waals surface area (Å²) in [4.78, 5) is 31.7. The molecule has 0 bridgehead atoms. The summed E-state index contributed by atoms with van der Waals surface area (Å²) in [5.41, 5.74) is 4.65. The summed E-state index contributed by atoms with van der Waals surface area (Å²) in [6, 6.07) is 20.7. The predicted molar refractivity (Wildman–Crippen MR) is 137 cm³/mol. The van der Waals surface area contributed by atoms with Gasteiger partial charge < -0.3 is 14.6 Å². The number of amides is 1. The van der Waals surface area contributed by atoms with Crippen LogP contribution in [0.4, 0.5) is 0 Å². The molecule has 0 aliphatic rings. The summed E-state index contributed by atoms with van der Waals surface area (Å²) in [6.45, 7) is 5.31. The van der Waals surface area contributed by atoms with Crippen LogP contribution in [0.15, 0.2) is 71.5 Å². The lowest BCUT2D eigenvalue weighted by molar-refractivity contribution is 0.0680. The number of hydrogen-bond acceptors (Lipinski definition) is 4. The number of H-pyrrole nitrogens is 1. The van der Waals surface area contributed by atoms with Gasteiger partial charge in [-0.2, -0.15) is 0 Å². The molecule has 1 N–H and O–H groups in total. The molecule has 174 valence electrons. The quantitative estimate of drug-likeness (QED) is 0.386. The molecule has 6 nitrogen and oxygen atoms in total. The molecule has 1 aromatic heterocycles. The lowest BCUT2D eigenvalue weighted by Gasteiger charge is -2.23. The van der Waals surface area contributed by atoms with Gasteiger partial charge >= 0.3 is 0 Å². The van der Waals surface area contributed by atoms with Crippen LogP contribution in [0.1, 0.15) is 27.0 Å². The second-order valence-corrected chi connectivity index (χ2v) is 8.64. The predicted octanol–water partition coefficient (Wildman–Crippen LogP) is 4.95. The van der Waals surface area contributed by atoms with E-state index in [2.05, 4.69) is 4.98 Å². The minimum absolute atomic E-state index is 0.138. The Labute approximate surface area is 203 Å². The van der Waals surface area contributed by atoms with Gasteiger partial charge in [0.1, 0.15) is 0 Å². The lowest BCUT2D eigenvalue weighted by Crippen LogP contribution is -2.33. The Hall–Kier alpha value is -3.55. The molecule has 3 aromatic carbocycles. The van der Waals surface area contributed by atoms with Crippen molar-refractivity contribution in [2.75, 3.05) is 20.3 Å². The summed E-state index contributed by atoms with van der Waals surface area (Å²) >= 11 is 5.55. The van der Waals surface area contributed by atoms with Crippen LogP contribution in [0.3, 0.4) is 0 Å². The van der Waals surface area contributed by atoms with Crippen molar-refractivity contribution in [1.29, 1.82) is 0 Å². The number of hydrogen-bond donors (Lipinski definition) is 1. The number of fused-ring (bicyclic) bond motifs is 1. The van der Waals surface area contributed by atoms with Gasteiger partial charge in [-0.15, -0.1) is 0 Å². The van der Waals surface area contributed by atoms with Crippen molar-refractivity contribution in [1.82, 2.24) is 14.5 Å². The molecule has 4 aromatic rings. The molecule has 0 aliphatic carbocycles. The highest BCUT2D eigenvalue weighted by Crippen LogP contribution is 2.19. The zero-order valence-corrected chi connectivity index (χ0v) is 20.3. The van der Waals surface area contributed by atoms with E-state index in [0.717, 1.165) is 22.4 Å². The summed E-state index contributed by atoms with van der Waals surface area (Å²) in [5, 5.41) is 0.470. The molecule has 0 radical (unpaired) electrons. The van der Waals surface area contributed by atoms with Crippen LogP contribution in [-0.2, 0) is 11.3 Å². The van der Waals surface area contributed by atoms with Crippen LogP contribution in [0, 0.1) is 18.6 Å². The maximum Gasteiger partial charge on any atom is 0.266 e. The van der Waals surface area contributed by atoms with Gasteiger partial charge in [0.05, 0.1) is 23.2 Å². The molecular weight excluding hydrogens is 446 g/mol. The minimum Gasteiger partial charge on any atom is -0.383 e. The van der Waals surface area contributed by atoms with Gasteiger partial charge in [0.25, 0.3) is 11.5 Å². The van der Waals surface area contributed by atoms with Gasteiger partial charge in [0.2, 0.25) is 0 Å². The first-order valence-electron chi connectivity index (χ1n) is 11.1. The fraction of sp³-hybridized carbons (Fsp3) is 0.222. The average Bonchev–Trinajstić information content (AvgIpc) is 2.84. The smallest absolute Gasteiger partial charge is 0.266 e. The van der Waals surface area contributed by atoms with Gasteiger partial charge in [0.15, 0.2) is 4.77 Å². The molecule has 7 heteroatoms. The summed E-state index contributed by atoms with van der Waals surface area (Å²) in [6.07, 6.45) is 0. The van der Waals surface area contributed by atoms with Crippen molar-refractivity contribution >= 4 is 29.0 Å². The maximum atomic E-state index is 13.4. The number of aromatic nitrogens is 2. The van der Waals surface area contributed by atoms with Crippen LogP contribution in [0.2, 0.25) is 0 Å². The number of methoxy groups -OCH3 is 1. The fourth-order valence-electron chi connectivity index (χ4n) is 3.99. The largest absolute Gasteiger partial charge is 0.383 e. The fourth-order valence-corrected chi connectivity index (χ4v) is 4.28. The van der Waals surface area contributed by atoms with E-state index >= 15 is 0 Å². The van der Waals surface area contributed by atoms with Crippen molar-refractivity contribution in [2.45, 2.75) is 20.4 Å². The second-order valence-electron chi connectivity index (χ2n) is 8.26. The normalized spacial score (nSPS) is 11.0. The van der Waals surface area contributed by atoms with Crippen LogP contribution < -0.4 is 5.56 Å². The summed E-state index contributed by atoms with van der Waals surface area (Å²) < 4.78 is 7.02. The van der Waals surface area contributed by atoms with E-state index in [1.165, 1.54) is 4.57 Å². The number of benzene rings is 3. The molecular formula is C27H27N3O3S. The van der Waals surface area contributed by atoms with Crippen molar-refractivity contribution in [2.24, 2.45) is 0 Å². The number of nitrogens with one attached hydrogen (secondary N) is 1. The van der Waals surface area contributed by atoms with E-state index in [1.807, 2.05) is 62.4 Å². The zero-order valence-electron chi connectivity index (χ0n) is 19.5. The Morgan fingerprint density at radius 2 is 1.82 bits per heavy atom. The molecule has 4 rings (SSSR count). The first-order valence-corrected chi connectivity index (χ1v) is 11.5. The second kappa shape index (κ2) is 10.2. The number of aryl methyl sites for hydroxylation is 1. The van der Waals surface area contributed by atoms with E-state index in [0.29, 0.717) is 36.2 Å². The van der Waals surface area contributed by atoms with Gasteiger partial charge in [0, 0.05) is 25.8 Å². The van der Waals surface area contributed by atoms with Crippen LogP contribution in [0.25, 0.3) is 16.6 Å². The molecule has 0 spiro atoms. The Bertz CT molecular complexity index is 1460. The molecule has 0 atom stereocenters. The molecule has 0 fully saturated rings. The topological polar surface area (TPSA) is 67.3 Å². The third-order valence-electron chi connectivity index (χ3n) is 6.03. The van der Waals surface area contributed by atoms with Crippen LogP contribution >= 0.6 is 12.2 Å². The van der Waals surface area contributed by atoms with Gasteiger partial charge in [-0.05, 0) is 67.0 Å². The molecule has 1 amide bonds. The van der Waals surface area contributed by atoms with Crippen molar-refractivity contribution < 1.29 is 9.53 Å². The Morgan fingerprint density at radius 3 is 2.56 bits per heavy atom. The number of aromatic amines is 1. The van der Waals surface area contributed by atoms with E-state index in [1.54, 1.807) is 30.2 Å². The summed E-state index contributed by atoms with van der Waals surface area (Å²) in [5.74, 6) is -0.138. The van der Waals surface area contributed by atoms with E-state index in [9.17, 15) is 9.59 Å². The molecule has 34 heavy (non-hydrogen) atoms. The third-order valence-corrected chi connectivity index (χ3v) is 6.32. The average molecular weight is 474 g/mol. The number of nitrogens with zero attached hydrogens (tertiary/aromatic N) is 2. The highest BCUT2D eigenvalue weighted by Gasteiger charge is 2.18. The summed E-state index contributed by atoms with van der Waals surface area (Å²) in [7, 11) is 1.61. The standard InChI is InChI=1S/C27H27N3O3S/c1-18-8-7-11-24(19(18)2)30-26(32)22-13-12-21(16-23(22)28-27(30)34)25(31)29(14-15-33-3)17-20-9-5-4-6-10-20/h4-13,16H,14-15,17H2,1-3H3,(H,28,34). The van der Waals surface area contributed by atoms with Crippen molar-refractivity contribution in [3.63, 3.8) is 0 Å². The van der Waals surface area contributed by atoms with Gasteiger partial charge in [-0.25, -0.2) is 0 Å². The minimum atomic E-state index is -0.216. The number of rotatable bonds is 7. The SMILES string of the molecule is COCCN(Cc1ccccc1)C(=O)c1ccc2c(=O)n(-c3cccc(C)c3C)c(=S)[nH]c2c1. The van der Waals surface area contributed by atoms with E-state index < -0.39 is 0 Å². The molecule has 1 heterocycles. The first kappa shape index (κ1) is 23.6.